The lowest BCUT2D eigenvalue weighted by Crippen LogP contribution is -2.00. The molecule has 0 bridgehead atoms. The number of nitro benzene ring substituents is 1. The maximum Gasteiger partial charge on any atom is 0.288 e. The molecule has 0 spiro atoms. The maximum atomic E-state index is 10.7. The van der Waals surface area contributed by atoms with E-state index >= 15 is 0 Å². The van der Waals surface area contributed by atoms with Crippen LogP contribution in [0.4, 0.5) is 11.4 Å². The summed E-state index contributed by atoms with van der Waals surface area (Å²) in [4.78, 5) is 10.1. The Morgan fingerprint density at radius 3 is 2.50 bits per heavy atom. The maximum absolute atomic E-state index is 10.7. The van der Waals surface area contributed by atoms with Gasteiger partial charge in [0.15, 0.2) is 0 Å². The van der Waals surface area contributed by atoms with E-state index in [4.69, 9.17) is 34.8 Å². The van der Waals surface area contributed by atoms with Crippen LogP contribution < -0.4 is 5.32 Å². The SMILES string of the molecule is O=[N+]([O-])c1ccc(NCc2cccc(Cl)c2Cl)cc1Cl. The van der Waals surface area contributed by atoms with E-state index in [1.165, 1.54) is 12.1 Å². The molecule has 0 aromatic heterocycles. The average molecular weight is 332 g/mol. The zero-order valence-electron chi connectivity index (χ0n) is 10.1. The summed E-state index contributed by atoms with van der Waals surface area (Å²) in [5.41, 5.74) is 1.36. The highest BCUT2D eigenvalue weighted by Gasteiger charge is 2.12. The van der Waals surface area contributed by atoms with Crippen LogP contribution in [0.2, 0.25) is 15.1 Å². The summed E-state index contributed by atoms with van der Waals surface area (Å²) in [7, 11) is 0. The number of anilines is 1. The predicted octanol–water partition coefficient (Wildman–Crippen LogP) is 5.17. The summed E-state index contributed by atoms with van der Waals surface area (Å²) < 4.78 is 0. The monoisotopic (exact) mass is 330 g/mol. The molecule has 0 atom stereocenters. The molecule has 0 heterocycles. The Morgan fingerprint density at radius 2 is 1.85 bits per heavy atom. The van der Waals surface area contributed by atoms with Crippen LogP contribution in [0, 0.1) is 10.1 Å². The number of hydrogen-bond acceptors (Lipinski definition) is 3. The summed E-state index contributed by atoms with van der Waals surface area (Å²) in [5, 5.41) is 14.8. The fourth-order valence-electron chi connectivity index (χ4n) is 1.65. The van der Waals surface area contributed by atoms with Crippen molar-refractivity contribution in [1.82, 2.24) is 0 Å². The van der Waals surface area contributed by atoms with Crippen molar-refractivity contribution < 1.29 is 4.92 Å². The zero-order valence-corrected chi connectivity index (χ0v) is 12.3. The van der Waals surface area contributed by atoms with Gasteiger partial charge in [-0.25, -0.2) is 0 Å². The molecule has 0 fully saturated rings. The van der Waals surface area contributed by atoms with Gasteiger partial charge in [0.05, 0.1) is 15.0 Å². The van der Waals surface area contributed by atoms with Gasteiger partial charge in [-0.3, -0.25) is 10.1 Å². The molecule has 2 aromatic rings. The highest BCUT2D eigenvalue weighted by molar-refractivity contribution is 6.42. The van der Waals surface area contributed by atoms with Crippen molar-refractivity contribution in [3.05, 3.63) is 67.1 Å². The lowest BCUT2D eigenvalue weighted by atomic mass is 10.2. The largest absolute Gasteiger partial charge is 0.381 e. The summed E-state index contributed by atoms with van der Waals surface area (Å²) in [6, 6.07) is 9.78. The van der Waals surface area contributed by atoms with E-state index < -0.39 is 4.92 Å². The van der Waals surface area contributed by atoms with Crippen molar-refractivity contribution >= 4 is 46.2 Å². The number of nitro groups is 1. The van der Waals surface area contributed by atoms with Gasteiger partial charge >= 0.3 is 0 Å². The number of rotatable bonds is 4. The molecule has 2 aromatic carbocycles. The van der Waals surface area contributed by atoms with Gasteiger partial charge in [-0.2, -0.15) is 0 Å². The molecule has 4 nitrogen and oxygen atoms in total. The first-order chi connectivity index (χ1) is 9.49. The molecule has 0 saturated carbocycles. The van der Waals surface area contributed by atoms with E-state index in [1.54, 1.807) is 18.2 Å². The van der Waals surface area contributed by atoms with Crippen LogP contribution >= 0.6 is 34.8 Å². The van der Waals surface area contributed by atoms with E-state index in [0.29, 0.717) is 22.3 Å². The molecule has 0 aliphatic carbocycles. The molecule has 0 unspecified atom stereocenters. The first kappa shape index (κ1) is 14.9. The fraction of sp³-hybridized carbons (Fsp3) is 0.0769. The number of hydrogen-bond donors (Lipinski definition) is 1. The van der Waals surface area contributed by atoms with Gasteiger partial charge in [0.2, 0.25) is 0 Å². The van der Waals surface area contributed by atoms with Gasteiger partial charge in [0.1, 0.15) is 5.02 Å². The molecule has 0 saturated heterocycles. The molecule has 2 rings (SSSR count). The van der Waals surface area contributed by atoms with Gasteiger partial charge < -0.3 is 5.32 Å². The lowest BCUT2D eigenvalue weighted by molar-refractivity contribution is -0.384. The Bertz CT molecular complexity index is 662. The standard InChI is InChI=1S/C13H9Cl3N2O2/c14-10-3-1-2-8(13(10)16)7-17-9-4-5-12(18(19)20)11(15)6-9/h1-6,17H,7H2. The number of benzene rings is 2. The molecular weight excluding hydrogens is 323 g/mol. The van der Waals surface area contributed by atoms with E-state index in [-0.39, 0.29) is 10.7 Å². The van der Waals surface area contributed by atoms with Gasteiger partial charge in [-0.15, -0.1) is 0 Å². The minimum absolute atomic E-state index is 0.0807. The third-order valence-electron chi connectivity index (χ3n) is 2.66. The lowest BCUT2D eigenvalue weighted by Gasteiger charge is -2.09. The first-order valence-electron chi connectivity index (χ1n) is 5.59. The fourth-order valence-corrected chi connectivity index (χ4v) is 2.28. The van der Waals surface area contributed by atoms with Crippen LogP contribution in [0.3, 0.4) is 0 Å². The van der Waals surface area contributed by atoms with E-state index in [1.807, 2.05) is 6.07 Å². The Labute approximate surface area is 130 Å². The van der Waals surface area contributed by atoms with Crippen LogP contribution in [0.1, 0.15) is 5.56 Å². The topological polar surface area (TPSA) is 55.2 Å². The molecule has 0 radical (unpaired) electrons. The number of nitrogens with one attached hydrogen (secondary N) is 1. The number of nitrogens with zero attached hydrogens (tertiary/aromatic N) is 1. The predicted molar refractivity (Wildman–Crippen MR) is 81.9 cm³/mol. The van der Waals surface area contributed by atoms with Gasteiger partial charge in [-0.05, 0) is 23.8 Å². The Hall–Kier alpha value is -1.49. The van der Waals surface area contributed by atoms with Crippen molar-refractivity contribution in [2.45, 2.75) is 6.54 Å². The van der Waals surface area contributed by atoms with Gasteiger partial charge in [0.25, 0.3) is 5.69 Å². The molecule has 0 aliphatic rings. The minimum atomic E-state index is -0.528. The molecule has 20 heavy (non-hydrogen) atoms. The quantitative estimate of drug-likeness (QED) is 0.621. The van der Waals surface area contributed by atoms with Crippen molar-refractivity contribution in [2.24, 2.45) is 0 Å². The van der Waals surface area contributed by atoms with Crippen LogP contribution in [-0.4, -0.2) is 4.92 Å². The second-order valence-electron chi connectivity index (χ2n) is 3.99. The van der Waals surface area contributed by atoms with Crippen molar-refractivity contribution in [2.75, 3.05) is 5.32 Å². The summed E-state index contributed by atoms with van der Waals surface area (Å²) >= 11 is 17.8. The van der Waals surface area contributed by atoms with Crippen LogP contribution in [0.15, 0.2) is 36.4 Å². The molecule has 104 valence electrons. The smallest absolute Gasteiger partial charge is 0.288 e. The highest BCUT2D eigenvalue weighted by atomic mass is 35.5. The Kier molecular flexibility index (Phi) is 4.70. The highest BCUT2D eigenvalue weighted by Crippen LogP contribution is 2.29. The van der Waals surface area contributed by atoms with E-state index in [9.17, 15) is 10.1 Å². The normalized spacial score (nSPS) is 10.3. The van der Waals surface area contributed by atoms with Gasteiger partial charge in [0, 0.05) is 18.3 Å². The van der Waals surface area contributed by atoms with E-state index in [2.05, 4.69) is 5.32 Å². The molecule has 0 amide bonds. The van der Waals surface area contributed by atoms with Crippen LogP contribution in [0.25, 0.3) is 0 Å². The second kappa shape index (κ2) is 6.31. The molecule has 7 heteroatoms. The van der Waals surface area contributed by atoms with Crippen molar-refractivity contribution in [1.29, 1.82) is 0 Å². The first-order valence-corrected chi connectivity index (χ1v) is 6.73. The van der Waals surface area contributed by atoms with Crippen LogP contribution in [0.5, 0.6) is 0 Å². The minimum Gasteiger partial charge on any atom is -0.381 e. The second-order valence-corrected chi connectivity index (χ2v) is 5.18. The Morgan fingerprint density at radius 1 is 1.10 bits per heavy atom. The third-order valence-corrected chi connectivity index (χ3v) is 3.82. The summed E-state index contributed by atoms with van der Waals surface area (Å²) in [5.74, 6) is 0. The number of halogens is 3. The Balaban J connectivity index is 2.13. The van der Waals surface area contributed by atoms with E-state index in [0.717, 1.165) is 5.56 Å². The van der Waals surface area contributed by atoms with Crippen molar-refractivity contribution in [3.63, 3.8) is 0 Å². The van der Waals surface area contributed by atoms with Crippen molar-refractivity contribution in [3.8, 4) is 0 Å². The van der Waals surface area contributed by atoms with Gasteiger partial charge in [-0.1, -0.05) is 46.9 Å². The summed E-state index contributed by atoms with van der Waals surface area (Å²) in [6.45, 7) is 0.438. The zero-order chi connectivity index (χ0) is 14.7. The summed E-state index contributed by atoms with van der Waals surface area (Å²) in [6.07, 6.45) is 0. The van der Waals surface area contributed by atoms with Crippen LogP contribution in [-0.2, 0) is 6.54 Å². The molecular formula is C13H9Cl3N2O2. The molecule has 1 N–H and O–H groups in total. The average Bonchev–Trinajstić information content (AvgIpc) is 2.40. The third kappa shape index (κ3) is 3.33. The molecule has 0 aliphatic heterocycles.